The number of carbonyl (C=O) groups excluding carboxylic acids is 1. The van der Waals surface area contributed by atoms with Gasteiger partial charge in [0, 0.05) is 18.3 Å². The molecule has 5 atom stereocenters. The van der Waals surface area contributed by atoms with Crippen molar-refractivity contribution in [2.75, 3.05) is 0 Å². The molecule has 0 radical (unpaired) electrons. The molecule has 22 heavy (non-hydrogen) atoms. The van der Waals surface area contributed by atoms with Crippen molar-refractivity contribution in [1.29, 1.82) is 0 Å². The zero-order chi connectivity index (χ0) is 16.5. The van der Waals surface area contributed by atoms with Gasteiger partial charge >= 0.3 is 5.97 Å². The molecule has 2 rings (SSSR count). The zero-order valence-corrected chi connectivity index (χ0v) is 14.0. The second-order valence-corrected chi connectivity index (χ2v) is 7.58. The van der Waals surface area contributed by atoms with Crippen molar-refractivity contribution in [2.45, 2.75) is 65.3 Å². The number of esters is 1. The standard InChI is InChI=1S/C18H28O4/c1-11(2)7-8-18(3,4)16(20)6-5-12-13-9-17(21)22-15(13)10-14(12)19/h5-7,12-16,19-20H,8-10H2,1-4H3/b6-5+/t12-,13-,14-,15+,16-/m1/s1. The topological polar surface area (TPSA) is 66.8 Å². The molecule has 1 aliphatic carbocycles. The van der Waals surface area contributed by atoms with Crippen molar-refractivity contribution in [3.8, 4) is 0 Å². The first-order valence-corrected chi connectivity index (χ1v) is 8.08. The number of hydrogen-bond donors (Lipinski definition) is 2. The summed E-state index contributed by atoms with van der Waals surface area (Å²) in [4.78, 5) is 11.4. The molecular formula is C18H28O4. The van der Waals surface area contributed by atoms with E-state index in [1.807, 2.05) is 33.8 Å². The highest BCUT2D eigenvalue weighted by molar-refractivity contribution is 5.72. The lowest BCUT2D eigenvalue weighted by Crippen LogP contribution is -2.27. The molecule has 1 aliphatic heterocycles. The smallest absolute Gasteiger partial charge is 0.306 e. The lowest BCUT2D eigenvalue weighted by Gasteiger charge is -2.28. The summed E-state index contributed by atoms with van der Waals surface area (Å²) in [6.07, 6.45) is 6.21. The second kappa shape index (κ2) is 6.55. The molecule has 124 valence electrons. The van der Waals surface area contributed by atoms with E-state index >= 15 is 0 Å². The molecule has 4 heteroatoms. The molecule has 1 heterocycles. The Bertz CT molecular complexity index is 473. The summed E-state index contributed by atoms with van der Waals surface area (Å²) in [7, 11) is 0. The quantitative estimate of drug-likeness (QED) is 0.605. The van der Waals surface area contributed by atoms with Gasteiger partial charge in [-0.3, -0.25) is 4.79 Å². The molecule has 0 amide bonds. The van der Waals surface area contributed by atoms with Crippen LogP contribution in [0, 0.1) is 17.3 Å². The van der Waals surface area contributed by atoms with Gasteiger partial charge in [-0.15, -0.1) is 0 Å². The number of hydrogen-bond acceptors (Lipinski definition) is 4. The van der Waals surface area contributed by atoms with Gasteiger partial charge in [0.05, 0.1) is 18.6 Å². The van der Waals surface area contributed by atoms with E-state index in [1.165, 1.54) is 5.57 Å². The summed E-state index contributed by atoms with van der Waals surface area (Å²) < 4.78 is 5.22. The predicted molar refractivity (Wildman–Crippen MR) is 85.1 cm³/mol. The summed E-state index contributed by atoms with van der Waals surface area (Å²) in [6, 6.07) is 0. The van der Waals surface area contributed by atoms with Gasteiger partial charge in [-0.1, -0.05) is 37.6 Å². The average Bonchev–Trinajstić information content (AvgIpc) is 2.89. The number of ether oxygens (including phenoxy) is 1. The highest BCUT2D eigenvalue weighted by Gasteiger charge is 2.48. The molecule has 0 bridgehead atoms. The molecule has 2 fully saturated rings. The van der Waals surface area contributed by atoms with Gasteiger partial charge in [-0.05, 0) is 25.7 Å². The van der Waals surface area contributed by atoms with Gasteiger partial charge < -0.3 is 14.9 Å². The normalized spacial score (nSPS) is 32.9. The van der Waals surface area contributed by atoms with E-state index in [-0.39, 0.29) is 29.3 Å². The van der Waals surface area contributed by atoms with Crippen molar-refractivity contribution in [2.24, 2.45) is 17.3 Å². The Kier molecular flexibility index (Phi) is 5.13. The third kappa shape index (κ3) is 3.79. The number of allylic oxidation sites excluding steroid dienone is 2. The van der Waals surface area contributed by atoms with Crippen molar-refractivity contribution >= 4 is 5.97 Å². The molecule has 0 unspecified atom stereocenters. The van der Waals surface area contributed by atoms with Gasteiger partial charge in [-0.2, -0.15) is 0 Å². The zero-order valence-electron chi connectivity index (χ0n) is 14.0. The van der Waals surface area contributed by atoms with Gasteiger partial charge in [-0.25, -0.2) is 0 Å². The summed E-state index contributed by atoms with van der Waals surface area (Å²) >= 11 is 0. The maximum Gasteiger partial charge on any atom is 0.306 e. The van der Waals surface area contributed by atoms with Crippen molar-refractivity contribution in [3.05, 3.63) is 23.8 Å². The van der Waals surface area contributed by atoms with Gasteiger partial charge in [0.15, 0.2) is 0 Å². The fourth-order valence-corrected chi connectivity index (χ4v) is 3.27. The van der Waals surface area contributed by atoms with Crippen LogP contribution in [-0.4, -0.2) is 34.5 Å². The molecule has 0 aromatic carbocycles. The first-order valence-electron chi connectivity index (χ1n) is 8.08. The Morgan fingerprint density at radius 2 is 2.14 bits per heavy atom. The van der Waals surface area contributed by atoms with Crippen molar-refractivity contribution < 1.29 is 19.7 Å². The Balaban J connectivity index is 2.01. The molecule has 0 aromatic heterocycles. The van der Waals surface area contributed by atoms with Gasteiger partial charge in [0.2, 0.25) is 0 Å². The van der Waals surface area contributed by atoms with Crippen LogP contribution < -0.4 is 0 Å². The fourth-order valence-electron chi connectivity index (χ4n) is 3.27. The number of rotatable bonds is 5. The minimum atomic E-state index is -0.590. The lowest BCUT2D eigenvalue weighted by atomic mass is 9.81. The van der Waals surface area contributed by atoms with E-state index in [2.05, 4.69) is 6.08 Å². The van der Waals surface area contributed by atoms with Crippen LogP contribution in [0.5, 0.6) is 0 Å². The predicted octanol–water partition coefficient (Wildman–Crippen LogP) is 2.60. The molecule has 2 aliphatic rings. The number of fused-ring (bicyclic) bond motifs is 1. The van der Waals surface area contributed by atoms with Crippen LogP contribution >= 0.6 is 0 Å². The number of aliphatic hydroxyl groups is 2. The summed E-state index contributed by atoms with van der Waals surface area (Å²) in [5.41, 5.74) is 0.971. The lowest BCUT2D eigenvalue weighted by molar-refractivity contribution is -0.141. The third-order valence-electron chi connectivity index (χ3n) is 4.93. The summed E-state index contributed by atoms with van der Waals surface area (Å²) in [5, 5.41) is 20.6. The van der Waals surface area contributed by atoms with Crippen LogP contribution in [-0.2, 0) is 9.53 Å². The molecule has 0 spiro atoms. The van der Waals surface area contributed by atoms with Crippen molar-refractivity contribution in [3.63, 3.8) is 0 Å². The second-order valence-electron chi connectivity index (χ2n) is 7.58. The Morgan fingerprint density at radius 1 is 1.45 bits per heavy atom. The largest absolute Gasteiger partial charge is 0.462 e. The van der Waals surface area contributed by atoms with Crippen molar-refractivity contribution in [1.82, 2.24) is 0 Å². The van der Waals surface area contributed by atoms with E-state index in [0.29, 0.717) is 12.8 Å². The minimum absolute atomic E-state index is 0.0480. The van der Waals surface area contributed by atoms with E-state index in [0.717, 1.165) is 6.42 Å². The van der Waals surface area contributed by atoms with Crippen LogP contribution in [0.4, 0.5) is 0 Å². The Labute approximate surface area is 132 Å². The molecular weight excluding hydrogens is 280 g/mol. The van der Waals surface area contributed by atoms with Crippen LogP contribution in [0.3, 0.4) is 0 Å². The van der Waals surface area contributed by atoms with Gasteiger partial charge in [0.25, 0.3) is 0 Å². The average molecular weight is 308 g/mol. The number of carbonyl (C=O) groups is 1. The van der Waals surface area contributed by atoms with Crippen LogP contribution in [0.1, 0.15) is 47.0 Å². The van der Waals surface area contributed by atoms with Gasteiger partial charge in [0.1, 0.15) is 6.10 Å². The monoisotopic (exact) mass is 308 g/mol. The van der Waals surface area contributed by atoms with E-state index in [4.69, 9.17) is 4.74 Å². The first kappa shape index (κ1) is 17.2. The summed E-state index contributed by atoms with van der Waals surface area (Å²) in [5.74, 6) is -0.234. The maximum atomic E-state index is 11.4. The number of aliphatic hydroxyl groups excluding tert-OH is 2. The molecule has 1 saturated heterocycles. The first-order chi connectivity index (χ1) is 10.2. The Hall–Kier alpha value is -1.13. The van der Waals surface area contributed by atoms with E-state index in [9.17, 15) is 15.0 Å². The van der Waals surface area contributed by atoms with Crippen LogP contribution in [0.25, 0.3) is 0 Å². The summed E-state index contributed by atoms with van der Waals surface area (Å²) in [6.45, 7) is 8.14. The molecule has 4 nitrogen and oxygen atoms in total. The SMILES string of the molecule is CC(C)=CCC(C)(C)[C@H](O)/C=C/[C@@H]1[C@H]2CC(=O)O[C@H]2C[C@H]1O. The minimum Gasteiger partial charge on any atom is -0.462 e. The van der Waals surface area contributed by atoms with Crippen LogP contribution in [0.15, 0.2) is 23.8 Å². The molecule has 1 saturated carbocycles. The van der Waals surface area contributed by atoms with E-state index in [1.54, 1.807) is 6.08 Å². The Morgan fingerprint density at radius 3 is 2.77 bits per heavy atom. The van der Waals surface area contributed by atoms with E-state index < -0.39 is 12.2 Å². The fraction of sp³-hybridized carbons (Fsp3) is 0.722. The molecule has 2 N–H and O–H groups in total. The maximum absolute atomic E-state index is 11.4. The highest BCUT2D eigenvalue weighted by Crippen LogP contribution is 2.42. The molecule has 0 aromatic rings. The highest BCUT2D eigenvalue weighted by atomic mass is 16.6. The third-order valence-corrected chi connectivity index (χ3v) is 4.93. The van der Waals surface area contributed by atoms with Crippen LogP contribution in [0.2, 0.25) is 0 Å².